The van der Waals surface area contributed by atoms with Crippen LogP contribution in [0.4, 0.5) is 0 Å². The van der Waals surface area contributed by atoms with E-state index < -0.39 is 0 Å². The molecule has 0 N–H and O–H groups in total. The summed E-state index contributed by atoms with van der Waals surface area (Å²) < 4.78 is 0. The summed E-state index contributed by atoms with van der Waals surface area (Å²) >= 11 is 11.9. The van der Waals surface area contributed by atoms with Gasteiger partial charge in [-0.1, -0.05) is 35.7 Å². The third-order valence-electron chi connectivity index (χ3n) is 3.62. The summed E-state index contributed by atoms with van der Waals surface area (Å²) in [6, 6.07) is 5.02. The zero-order chi connectivity index (χ0) is 12.4. The van der Waals surface area contributed by atoms with E-state index in [1.165, 1.54) is 19.3 Å². The quantitative estimate of drug-likeness (QED) is 0.752. The Morgan fingerprint density at radius 2 is 1.88 bits per heavy atom. The van der Waals surface area contributed by atoms with Gasteiger partial charge in [0.1, 0.15) is 10.3 Å². The minimum absolute atomic E-state index is 0.457. The second kappa shape index (κ2) is 5.55. The summed E-state index contributed by atoms with van der Waals surface area (Å²) in [6.45, 7) is 5.44. The first-order valence-corrected chi connectivity index (χ1v) is 6.90. The van der Waals surface area contributed by atoms with Crippen molar-refractivity contribution in [1.82, 2.24) is 9.88 Å². The summed E-state index contributed by atoms with van der Waals surface area (Å²) in [5.74, 6) is 0. The summed E-state index contributed by atoms with van der Waals surface area (Å²) in [5.41, 5.74) is 1.07. The van der Waals surface area contributed by atoms with E-state index in [9.17, 15) is 0 Å². The molecule has 0 aromatic carbocycles. The first-order valence-electron chi connectivity index (χ1n) is 6.14. The van der Waals surface area contributed by atoms with Gasteiger partial charge in [0.2, 0.25) is 0 Å². The predicted molar refractivity (Wildman–Crippen MR) is 72.6 cm³/mol. The van der Waals surface area contributed by atoms with E-state index in [-0.39, 0.29) is 0 Å². The van der Waals surface area contributed by atoms with Crippen LogP contribution >= 0.6 is 23.2 Å². The van der Waals surface area contributed by atoms with Gasteiger partial charge >= 0.3 is 0 Å². The van der Waals surface area contributed by atoms with Crippen LogP contribution in [-0.2, 0) is 6.54 Å². The van der Waals surface area contributed by atoms with E-state index in [4.69, 9.17) is 23.2 Å². The molecule has 1 aromatic rings. The van der Waals surface area contributed by atoms with Crippen LogP contribution in [0.5, 0.6) is 0 Å². The van der Waals surface area contributed by atoms with Crippen LogP contribution in [0.25, 0.3) is 0 Å². The molecule has 17 heavy (non-hydrogen) atoms. The molecule has 0 saturated carbocycles. The standard InChI is InChI=1S/C13H18Cl2N2/c1-9-4-3-5-10(2)17(9)8-11-6-7-12(14)16-13(11)15/h6-7,9-10H,3-5,8H2,1-2H3. The lowest BCUT2D eigenvalue weighted by Gasteiger charge is -2.39. The highest BCUT2D eigenvalue weighted by Gasteiger charge is 2.25. The topological polar surface area (TPSA) is 16.1 Å². The maximum absolute atomic E-state index is 6.12. The van der Waals surface area contributed by atoms with Gasteiger partial charge < -0.3 is 0 Å². The van der Waals surface area contributed by atoms with Crippen molar-refractivity contribution in [3.05, 3.63) is 28.0 Å². The lowest BCUT2D eigenvalue weighted by Crippen LogP contribution is -2.43. The van der Waals surface area contributed by atoms with Crippen LogP contribution in [0.15, 0.2) is 12.1 Å². The fraction of sp³-hybridized carbons (Fsp3) is 0.615. The van der Waals surface area contributed by atoms with Gasteiger partial charge in [0.15, 0.2) is 0 Å². The average molecular weight is 273 g/mol. The van der Waals surface area contributed by atoms with E-state index in [2.05, 4.69) is 23.7 Å². The Morgan fingerprint density at radius 1 is 1.24 bits per heavy atom. The summed E-state index contributed by atoms with van der Waals surface area (Å²) in [7, 11) is 0. The molecule has 0 spiro atoms. The second-order valence-corrected chi connectivity index (χ2v) is 5.63. The van der Waals surface area contributed by atoms with Gasteiger partial charge in [-0.05, 0) is 32.8 Å². The van der Waals surface area contributed by atoms with Crippen molar-refractivity contribution >= 4 is 23.2 Å². The lowest BCUT2D eigenvalue weighted by atomic mass is 9.97. The summed E-state index contributed by atoms with van der Waals surface area (Å²) in [4.78, 5) is 6.59. The highest BCUT2D eigenvalue weighted by molar-refractivity contribution is 6.32. The van der Waals surface area contributed by atoms with Crippen molar-refractivity contribution in [1.29, 1.82) is 0 Å². The van der Waals surface area contributed by atoms with Crippen LogP contribution in [0.3, 0.4) is 0 Å². The normalized spacial score (nSPS) is 26.1. The number of likely N-dealkylation sites (tertiary alicyclic amines) is 1. The smallest absolute Gasteiger partial charge is 0.135 e. The van der Waals surface area contributed by atoms with Gasteiger partial charge in [-0.15, -0.1) is 0 Å². The maximum Gasteiger partial charge on any atom is 0.135 e. The van der Waals surface area contributed by atoms with Crippen LogP contribution in [-0.4, -0.2) is 22.0 Å². The molecule has 2 unspecified atom stereocenters. The Labute approximate surface area is 113 Å². The van der Waals surface area contributed by atoms with Crippen molar-refractivity contribution in [3.63, 3.8) is 0 Å². The summed E-state index contributed by atoms with van der Waals surface area (Å²) in [6.07, 6.45) is 3.86. The first-order chi connectivity index (χ1) is 8.08. The van der Waals surface area contributed by atoms with Crippen molar-refractivity contribution in [3.8, 4) is 0 Å². The van der Waals surface area contributed by atoms with Gasteiger partial charge in [0, 0.05) is 24.2 Å². The van der Waals surface area contributed by atoms with Crippen LogP contribution in [0.1, 0.15) is 38.7 Å². The third-order valence-corrected chi connectivity index (χ3v) is 4.16. The number of aromatic nitrogens is 1. The molecule has 0 amide bonds. The van der Waals surface area contributed by atoms with Crippen LogP contribution < -0.4 is 0 Å². The second-order valence-electron chi connectivity index (χ2n) is 4.89. The minimum atomic E-state index is 0.457. The molecule has 0 aliphatic carbocycles. The first kappa shape index (κ1) is 13.1. The molecule has 94 valence electrons. The van der Waals surface area contributed by atoms with Gasteiger partial charge in [-0.3, -0.25) is 4.90 Å². The van der Waals surface area contributed by atoms with Crippen molar-refractivity contribution in [2.45, 2.75) is 51.7 Å². The van der Waals surface area contributed by atoms with Gasteiger partial charge in [0.25, 0.3) is 0 Å². The Hall–Kier alpha value is -0.310. The van der Waals surface area contributed by atoms with E-state index in [0.29, 0.717) is 22.4 Å². The molecule has 0 bridgehead atoms. The number of rotatable bonds is 2. The molecule has 4 heteroatoms. The Kier molecular flexibility index (Phi) is 4.29. The molecule has 2 heterocycles. The largest absolute Gasteiger partial charge is 0.294 e. The van der Waals surface area contributed by atoms with E-state index in [0.717, 1.165) is 12.1 Å². The lowest BCUT2D eigenvalue weighted by molar-refractivity contribution is 0.0952. The molecule has 1 fully saturated rings. The Bertz CT molecular complexity index is 385. The number of nitrogens with zero attached hydrogens (tertiary/aromatic N) is 2. The SMILES string of the molecule is CC1CCCC(C)N1Cc1ccc(Cl)nc1Cl. The molecule has 2 atom stereocenters. The van der Waals surface area contributed by atoms with Crippen molar-refractivity contribution in [2.24, 2.45) is 0 Å². The molecule has 1 aromatic heterocycles. The molecule has 1 aliphatic heterocycles. The van der Waals surface area contributed by atoms with E-state index in [1.807, 2.05) is 12.1 Å². The number of hydrogen-bond acceptors (Lipinski definition) is 2. The number of piperidine rings is 1. The predicted octanol–water partition coefficient (Wildman–Crippen LogP) is 4.15. The molecule has 1 saturated heterocycles. The molecular weight excluding hydrogens is 255 g/mol. The van der Waals surface area contributed by atoms with Gasteiger partial charge in [-0.25, -0.2) is 4.98 Å². The van der Waals surface area contributed by atoms with Gasteiger partial charge in [0.05, 0.1) is 0 Å². The average Bonchev–Trinajstić information content (AvgIpc) is 2.26. The summed E-state index contributed by atoms with van der Waals surface area (Å²) in [5, 5.41) is 0.987. The van der Waals surface area contributed by atoms with Crippen LogP contribution in [0, 0.1) is 0 Å². The maximum atomic E-state index is 6.12. The molecular formula is C13H18Cl2N2. The van der Waals surface area contributed by atoms with Crippen molar-refractivity contribution in [2.75, 3.05) is 0 Å². The monoisotopic (exact) mass is 272 g/mol. The number of pyridine rings is 1. The molecule has 0 radical (unpaired) electrons. The Morgan fingerprint density at radius 3 is 2.47 bits per heavy atom. The highest BCUT2D eigenvalue weighted by atomic mass is 35.5. The number of halogens is 2. The van der Waals surface area contributed by atoms with Crippen LogP contribution in [0.2, 0.25) is 10.3 Å². The van der Waals surface area contributed by atoms with E-state index >= 15 is 0 Å². The fourth-order valence-electron chi connectivity index (χ4n) is 2.54. The minimum Gasteiger partial charge on any atom is -0.294 e. The van der Waals surface area contributed by atoms with E-state index in [1.54, 1.807) is 0 Å². The zero-order valence-corrected chi connectivity index (χ0v) is 11.8. The number of hydrogen-bond donors (Lipinski definition) is 0. The van der Waals surface area contributed by atoms with Gasteiger partial charge in [-0.2, -0.15) is 0 Å². The zero-order valence-electron chi connectivity index (χ0n) is 10.3. The molecule has 1 aliphatic rings. The highest BCUT2D eigenvalue weighted by Crippen LogP contribution is 2.26. The van der Waals surface area contributed by atoms with Crippen molar-refractivity contribution < 1.29 is 0 Å². The fourth-order valence-corrected chi connectivity index (χ4v) is 2.95. The molecule has 2 rings (SSSR count). The Balaban J connectivity index is 2.13. The molecule has 2 nitrogen and oxygen atoms in total. The third kappa shape index (κ3) is 3.12.